The molecule has 1 aliphatic heterocycles. The van der Waals surface area contributed by atoms with Gasteiger partial charge < -0.3 is 20.3 Å². The van der Waals surface area contributed by atoms with Gasteiger partial charge >= 0.3 is 0 Å². The molecule has 2 aromatic heterocycles. The normalized spacial score (nSPS) is 13.6. The molecule has 0 spiro atoms. The molecule has 0 atom stereocenters. The number of amides is 1. The van der Waals surface area contributed by atoms with Crippen molar-refractivity contribution in [3.8, 4) is 5.88 Å². The number of hydrogen-bond acceptors (Lipinski definition) is 7. The molecule has 1 fully saturated rings. The van der Waals surface area contributed by atoms with E-state index in [0.717, 1.165) is 18.8 Å². The molecule has 2 N–H and O–H groups in total. The minimum Gasteiger partial charge on any atom is -0.481 e. The minimum absolute atomic E-state index is 0.172. The lowest BCUT2D eigenvalue weighted by molar-refractivity contribution is 0.0954. The molecule has 1 amide bonds. The van der Waals surface area contributed by atoms with E-state index >= 15 is 0 Å². The van der Waals surface area contributed by atoms with Crippen molar-refractivity contribution in [2.45, 2.75) is 12.8 Å². The second-order valence-corrected chi connectivity index (χ2v) is 5.77. The van der Waals surface area contributed by atoms with Crippen LogP contribution in [0.2, 0.25) is 0 Å². The van der Waals surface area contributed by atoms with Crippen LogP contribution in [0, 0.1) is 0 Å². The largest absolute Gasteiger partial charge is 0.481 e. The van der Waals surface area contributed by atoms with Crippen LogP contribution < -0.4 is 20.3 Å². The first-order valence-electron chi connectivity index (χ1n) is 8.36. The van der Waals surface area contributed by atoms with Crippen molar-refractivity contribution in [2.75, 3.05) is 43.5 Å². The van der Waals surface area contributed by atoms with Crippen molar-refractivity contribution in [3.05, 3.63) is 36.2 Å². The van der Waals surface area contributed by atoms with E-state index in [0.29, 0.717) is 30.4 Å². The summed E-state index contributed by atoms with van der Waals surface area (Å²) in [6, 6.07) is 5.33. The van der Waals surface area contributed by atoms with Crippen LogP contribution in [-0.2, 0) is 0 Å². The molecule has 0 saturated carbocycles. The Balaban J connectivity index is 1.44. The molecule has 0 aromatic carbocycles. The average molecular weight is 342 g/mol. The minimum atomic E-state index is -0.172. The maximum atomic E-state index is 12.0. The van der Waals surface area contributed by atoms with Gasteiger partial charge in [0.25, 0.3) is 5.91 Å². The zero-order valence-electron chi connectivity index (χ0n) is 14.2. The van der Waals surface area contributed by atoms with Crippen LogP contribution in [0.1, 0.15) is 23.2 Å². The molecular formula is C17H22N6O2. The van der Waals surface area contributed by atoms with E-state index in [4.69, 9.17) is 4.74 Å². The second-order valence-electron chi connectivity index (χ2n) is 5.77. The smallest absolute Gasteiger partial charge is 0.252 e. The summed E-state index contributed by atoms with van der Waals surface area (Å²) in [6.45, 7) is 3.17. The summed E-state index contributed by atoms with van der Waals surface area (Å²) < 4.78 is 4.97. The molecule has 3 rings (SSSR count). The van der Waals surface area contributed by atoms with E-state index < -0.39 is 0 Å². The number of rotatable bonds is 7. The second kappa shape index (κ2) is 8.27. The molecule has 3 heterocycles. The topological polar surface area (TPSA) is 92.3 Å². The summed E-state index contributed by atoms with van der Waals surface area (Å²) >= 11 is 0. The number of methoxy groups -OCH3 is 1. The third-order valence-corrected chi connectivity index (χ3v) is 4.04. The molecule has 0 aliphatic carbocycles. The van der Waals surface area contributed by atoms with Crippen molar-refractivity contribution in [3.63, 3.8) is 0 Å². The molecule has 132 valence electrons. The Morgan fingerprint density at radius 3 is 2.80 bits per heavy atom. The van der Waals surface area contributed by atoms with Crippen molar-refractivity contribution >= 4 is 17.4 Å². The zero-order chi connectivity index (χ0) is 17.5. The summed E-state index contributed by atoms with van der Waals surface area (Å²) in [5.74, 6) is 1.02. The van der Waals surface area contributed by atoms with Crippen LogP contribution in [0.15, 0.2) is 30.6 Å². The molecule has 8 nitrogen and oxygen atoms in total. The van der Waals surface area contributed by atoms with Gasteiger partial charge in [-0.25, -0.2) is 4.98 Å². The van der Waals surface area contributed by atoms with E-state index in [2.05, 4.69) is 30.7 Å². The third-order valence-electron chi connectivity index (χ3n) is 4.04. The summed E-state index contributed by atoms with van der Waals surface area (Å²) in [7, 11) is 1.54. The molecule has 2 aromatic rings. The summed E-state index contributed by atoms with van der Waals surface area (Å²) in [6.07, 6.45) is 5.72. The van der Waals surface area contributed by atoms with Crippen LogP contribution in [0.5, 0.6) is 5.88 Å². The van der Waals surface area contributed by atoms with Crippen LogP contribution >= 0.6 is 0 Å². The van der Waals surface area contributed by atoms with Crippen molar-refractivity contribution in [2.24, 2.45) is 0 Å². The first kappa shape index (κ1) is 16.9. The van der Waals surface area contributed by atoms with Crippen LogP contribution in [0.4, 0.5) is 11.5 Å². The van der Waals surface area contributed by atoms with Gasteiger partial charge in [0, 0.05) is 44.5 Å². The lowest BCUT2D eigenvalue weighted by Gasteiger charge is -2.17. The van der Waals surface area contributed by atoms with E-state index in [9.17, 15) is 4.79 Å². The van der Waals surface area contributed by atoms with E-state index in [1.807, 2.05) is 6.07 Å². The molecule has 1 aliphatic rings. The fraction of sp³-hybridized carbons (Fsp3) is 0.412. The van der Waals surface area contributed by atoms with Gasteiger partial charge in [-0.15, -0.1) is 5.10 Å². The third kappa shape index (κ3) is 4.56. The van der Waals surface area contributed by atoms with Gasteiger partial charge in [-0.2, -0.15) is 5.10 Å². The first-order valence-corrected chi connectivity index (χ1v) is 8.36. The number of nitrogens with zero attached hydrogens (tertiary/aromatic N) is 4. The summed E-state index contributed by atoms with van der Waals surface area (Å²) in [4.78, 5) is 18.4. The van der Waals surface area contributed by atoms with Gasteiger partial charge in [0.1, 0.15) is 0 Å². The number of carbonyl (C=O) groups excluding carboxylic acids is 1. The van der Waals surface area contributed by atoms with Gasteiger partial charge in [-0.05, 0) is 18.9 Å². The van der Waals surface area contributed by atoms with E-state index in [1.54, 1.807) is 18.3 Å². The lowest BCUT2D eigenvalue weighted by Crippen LogP contribution is -2.29. The average Bonchev–Trinajstić information content (AvgIpc) is 3.20. The number of aromatic nitrogens is 3. The Kier molecular flexibility index (Phi) is 5.61. The molecule has 1 saturated heterocycles. The SMILES string of the molecule is COc1ccc(C(=O)NCCNc2cc(N3CCCC3)cnn2)cn1. The molecule has 0 bridgehead atoms. The Morgan fingerprint density at radius 1 is 1.24 bits per heavy atom. The van der Waals surface area contributed by atoms with Crippen molar-refractivity contribution in [1.29, 1.82) is 0 Å². The summed E-state index contributed by atoms with van der Waals surface area (Å²) in [5, 5.41) is 14.1. The maximum absolute atomic E-state index is 12.0. The van der Waals surface area contributed by atoms with Crippen LogP contribution in [-0.4, -0.2) is 54.4 Å². The highest BCUT2D eigenvalue weighted by molar-refractivity contribution is 5.93. The molecule has 8 heteroatoms. The van der Waals surface area contributed by atoms with E-state index in [1.165, 1.54) is 26.1 Å². The number of anilines is 2. The van der Waals surface area contributed by atoms with Crippen LogP contribution in [0.25, 0.3) is 0 Å². The van der Waals surface area contributed by atoms with Crippen LogP contribution in [0.3, 0.4) is 0 Å². The highest BCUT2D eigenvalue weighted by Crippen LogP contribution is 2.20. The molecule has 0 radical (unpaired) electrons. The van der Waals surface area contributed by atoms with Crippen molar-refractivity contribution < 1.29 is 9.53 Å². The number of carbonyl (C=O) groups is 1. The van der Waals surface area contributed by atoms with Gasteiger partial charge in [0.05, 0.1) is 24.6 Å². The number of ether oxygens (including phenoxy) is 1. The molecular weight excluding hydrogens is 320 g/mol. The highest BCUT2D eigenvalue weighted by Gasteiger charge is 2.13. The quantitative estimate of drug-likeness (QED) is 0.733. The fourth-order valence-electron chi connectivity index (χ4n) is 2.70. The van der Waals surface area contributed by atoms with Gasteiger partial charge in [0.2, 0.25) is 5.88 Å². The molecule has 25 heavy (non-hydrogen) atoms. The zero-order valence-corrected chi connectivity index (χ0v) is 14.2. The Morgan fingerprint density at radius 2 is 2.08 bits per heavy atom. The van der Waals surface area contributed by atoms with Gasteiger partial charge in [-0.1, -0.05) is 0 Å². The van der Waals surface area contributed by atoms with E-state index in [-0.39, 0.29) is 5.91 Å². The van der Waals surface area contributed by atoms with Crippen molar-refractivity contribution in [1.82, 2.24) is 20.5 Å². The fourth-order valence-corrected chi connectivity index (χ4v) is 2.70. The molecule has 0 unspecified atom stereocenters. The Labute approximate surface area is 146 Å². The Bertz CT molecular complexity index is 701. The Hall–Kier alpha value is -2.90. The number of nitrogens with one attached hydrogen (secondary N) is 2. The highest BCUT2D eigenvalue weighted by atomic mass is 16.5. The lowest BCUT2D eigenvalue weighted by atomic mass is 10.2. The monoisotopic (exact) mass is 342 g/mol. The summed E-state index contributed by atoms with van der Waals surface area (Å²) in [5.41, 5.74) is 1.58. The first-order chi connectivity index (χ1) is 12.3. The standard InChI is InChI=1S/C17H22N6O2/c1-25-16-5-4-13(11-20-16)17(24)19-7-6-18-15-10-14(12-21-22-15)23-8-2-3-9-23/h4-5,10-12H,2-3,6-9H2,1H3,(H,18,22)(H,19,24). The number of pyridine rings is 1. The number of hydrogen-bond donors (Lipinski definition) is 2. The predicted molar refractivity (Wildman–Crippen MR) is 95.1 cm³/mol. The van der Waals surface area contributed by atoms with Gasteiger partial charge in [0.15, 0.2) is 5.82 Å². The van der Waals surface area contributed by atoms with Gasteiger partial charge in [-0.3, -0.25) is 4.79 Å². The maximum Gasteiger partial charge on any atom is 0.252 e. The predicted octanol–water partition coefficient (Wildman–Crippen LogP) is 1.32.